The Morgan fingerprint density at radius 1 is 0.898 bits per heavy atom. The van der Waals surface area contributed by atoms with E-state index >= 15 is 0 Å². The Bertz CT molecular complexity index is 2700. The van der Waals surface area contributed by atoms with Gasteiger partial charge in [0.1, 0.15) is 17.4 Å². The summed E-state index contributed by atoms with van der Waals surface area (Å²) in [6.45, 7) is -0.0451. The molecule has 296 valence electrons. The van der Waals surface area contributed by atoms with Crippen LogP contribution in [0.15, 0.2) is 97.2 Å². The minimum Gasteiger partial charge on any atom is -0.383 e. The van der Waals surface area contributed by atoms with E-state index in [2.05, 4.69) is 45.9 Å². The van der Waals surface area contributed by atoms with Crippen LogP contribution in [-0.2, 0) is 26.3 Å². The van der Waals surface area contributed by atoms with Crippen LogP contribution in [0.25, 0.3) is 39.5 Å². The molecule has 4 amide bonds. The predicted molar refractivity (Wildman–Crippen MR) is 221 cm³/mol. The fourth-order valence-corrected chi connectivity index (χ4v) is 8.26. The first-order valence-corrected chi connectivity index (χ1v) is 19.8. The van der Waals surface area contributed by atoms with E-state index in [1.165, 1.54) is 6.07 Å². The zero-order chi connectivity index (χ0) is 40.8. The number of amides is 4. The second-order valence-corrected chi connectivity index (χ2v) is 15.4. The maximum Gasteiger partial charge on any atom is 0.264 e. The molecule has 1 atom stereocenters. The van der Waals surface area contributed by atoms with Gasteiger partial charge in [-0.3, -0.25) is 38.8 Å². The maximum atomic E-state index is 13.4. The minimum absolute atomic E-state index is 0.0310. The van der Waals surface area contributed by atoms with E-state index in [0.717, 1.165) is 52.2 Å². The molecule has 0 radical (unpaired) electrons. The summed E-state index contributed by atoms with van der Waals surface area (Å²) in [7, 11) is 0. The third-order valence-electron chi connectivity index (χ3n) is 11.6. The van der Waals surface area contributed by atoms with Crippen molar-refractivity contribution in [2.45, 2.75) is 62.9 Å². The number of ketones is 1. The Morgan fingerprint density at radius 3 is 2.46 bits per heavy atom. The molecule has 1 unspecified atom stereocenters. The molecule has 6 N–H and O–H groups in total. The number of piperidine rings is 1. The molecule has 9 rings (SSSR count). The van der Waals surface area contributed by atoms with Crippen molar-refractivity contribution in [2.24, 2.45) is 5.73 Å². The van der Waals surface area contributed by atoms with Crippen LogP contribution in [0, 0.1) is 0 Å². The van der Waals surface area contributed by atoms with Gasteiger partial charge in [0, 0.05) is 41.5 Å². The molecular weight excluding hydrogens is 747 g/mol. The van der Waals surface area contributed by atoms with Gasteiger partial charge in [-0.1, -0.05) is 36.4 Å². The van der Waals surface area contributed by atoms with Crippen LogP contribution in [0.2, 0.25) is 0 Å². The van der Waals surface area contributed by atoms with Gasteiger partial charge in [-0.25, -0.2) is 15.0 Å². The van der Waals surface area contributed by atoms with Gasteiger partial charge in [-0.05, 0) is 104 Å². The van der Waals surface area contributed by atoms with Crippen LogP contribution < -0.4 is 22.1 Å². The average molecular weight is 788 g/mol. The Balaban J connectivity index is 0.889. The number of nitrogen functional groups attached to an aromatic ring is 1. The average Bonchev–Trinajstić information content (AvgIpc) is 3.73. The first-order chi connectivity index (χ1) is 28.6. The highest BCUT2D eigenvalue weighted by molar-refractivity contribution is 6.25. The van der Waals surface area contributed by atoms with Gasteiger partial charge in [-0.15, -0.1) is 0 Å². The monoisotopic (exact) mass is 787 g/mol. The van der Waals surface area contributed by atoms with E-state index in [9.17, 15) is 24.0 Å². The second-order valence-electron chi connectivity index (χ2n) is 15.4. The molecule has 0 spiro atoms. The van der Waals surface area contributed by atoms with Gasteiger partial charge >= 0.3 is 0 Å². The third kappa shape index (κ3) is 6.90. The number of nitrogens with two attached hydrogens (primary N) is 2. The van der Waals surface area contributed by atoms with Crippen molar-refractivity contribution in [3.63, 3.8) is 0 Å². The summed E-state index contributed by atoms with van der Waals surface area (Å²) in [5.41, 5.74) is 20.1. The number of aromatic nitrogens is 4. The minimum atomic E-state index is -1.07. The van der Waals surface area contributed by atoms with Gasteiger partial charge in [0.05, 0.1) is 28.9 Å². The van der Waals surface area contributed by atoms with Crippen LogP contribution in [-0.4, -0.2) is 66.4 Å². The first-order valence-electron chi connectivity index (χ1n) is 19.8. The number of anilines is 2. The molecule has 1 saturated heterocycles. The summed E-state index contributed by atoms with van der Waals surface area (Å²) >= 11 is 0. The van der Waals surface area contributed by atoms with E-state index in [0.29, 0.717) is 46.9 Å². The fourth-order valence-electron chi connectivity index (χ4n) is 8.26. The molecule has 1 saturated carbocycles. The Labute approximate surface area is 339 Å². The molecular formula is C45H41N9O5. The first kappa shape index (κ1) is 37.5. The van der Waals surface area contributed by atoms with Crippen molar-refractivity contribution in [3.8, 4) is 28.3 Å². The Morgan fingerprint density at radius 2 is 1.69 bits per heavy atom. The van der Waals surface area contributed by atoms with Crippen LogP contribution in [0.5, 0.6) is 0 Å². The number of pyridine rings is 2. The van der Waals surface area contributed by atoms with Crippen molar-refractivity contribution < 1.29 is 24.0 Å². The standard InChI is InChI=1S/C45H41N9O5/c46-39-32(11-4-23-48-39)40-51-35-18-17-33(50-41(35)53(40)29-15-13-28(14-16-29)45(47)21-5-22-45)27-8-1-6-26(24-27)7-2-9-30(55)25-49-34-12-3-10-31-38(34)44(59)54(43(31)58)36-19-20-37(56)52-42(36)57/h1,3-4,6,8,10-18,23-24,36,49H,2,5,7,9,19-22,25,47H2,(H2,46,48)(H,52,56,57). The van der Waals surface area contributed by atoms with Gasteiger partial charge in [0.25, 0.3) is 11.8 Å². The fraction of sp³-hybridized carbons (Fsp3) is 0.244. The smallest absolute Gasteiger partial charge is 0.264 e. The number of fused-ring (bicyclic) bond motifs is 2. The van der Waals surface area contributed by atoms with Gasteiger partial charge in [-0.2, -0.15) is 0 Å². The number of hydrogen-bond acceptors (Lipinski definition) is 11. The van der Waals surface area contributed by atoms with Crippen LogP contribution in [0.1, 0.15) is 76.8 Å². The van der Waals surface area contributed by atoms with E-state index < -0.39 is 29.7 Å². The molecule has 3 aliphatic rings. The summed E-state index contributed by atoms with van der Waals surface area (Å²) in [6, 6.07) is 27.7. The van der Waals surface area contributed by atoms with E-state index in [4.69, 9.17) is 21.4 Å². The molecule has 2 fully saturated rings. The molecule has 1 aliphatic carbocycles. The second kappa shape index (κ2) is 15.0. The van der Waals surface area contributed by atoms with E-state index in [1.54, 1.807) is 18.3 Å². The number of carbonyl (C=O) groups excluding carboxylic acids is 5. The number of imide groups is 2. The van der Waals surface area contributed by atoms with Crippen LogP contribution in [0.3, 0.4) is 0 Å². The topological polar surface area (TPSA) is 208 Å². The van der Waals surface area contributed by atoms with Crippen LogP contribution >= 0.6 is 0 Å². The quantitative estimate of drug-likeness (QED) is 0.114. The van der Waals surface area contributed by atoms with Crippen molar-refractivity contribution in [3.05, 3.63) is 119 Å². The lowest BCUT2D eigenvalue weighted by Gasteiger charge is -2.38. The number of aryl methyl sites for hydroxylation is 1. The van der Waals surface area contributed by atoms with Crippen molar-refractivity contribution in [2.75, 3.05) is 17.6 Å². The molecule has 6 aromatic rings. The van der Waals surface area contributed by atoms with Crippen molar-refractivity contribution in [1.29, 1.82) is 0 Å². The van der Waals surface area contributed by atoms with Gasteiger partial charge in [0.15, 0.2) is 17.3 Å². The largest absolute Gasteiger partial charge is 0.383 e. The number of benzene rings is 3. The van der Waals surface area contributed by atoms with Gasteiger partial charge < -0.3 is 16.8 Å². The zero-order valence-electron chi connectivity index (χ0n) is 32.1. The lowest BCUT2D eigenvalue weighted by Crippen LogP contribution is -2.54. The molecule has 3 aromatic carbocycles. The highest BCUT2D eigenvalue weighted by Crippen LogP contribution is 2.40. The SMILES string of the molecule is Nc1ncccc1-c1nc2ccc(-c3cccc(CCCC(=O)CNc4cccc5c4C(=O)N(C4CCC(=O)NC4=O)C5=O)c3)nc2n1-c1ccc(C2(N)CCC2)cc1. The molecule has 59 heavy (non-hydrogen) atoms. The molecule has 3 aromatic heterocycles. The summed E-state index contributed by atoms with van der Waals surface area (Å²) in [6.07, 6.45) is 6.33. The Hall–Kier alpha value is -7.06. The predicted octanol–water partition coefficient (Wildman–Crippen LogP) is 5.47. The number of nitrogens with one attached hydrogen (secondary N) is 2. The summed E-state index contributed by atoms with van der Waals surface area (Å²) in [4.78, 5) is 79.2. The summed E-state index contributed by atoms with van der Waals surface area (Å²) in [5, 5.41) is 5.24. The maximum absolute atomic E-state index is 13.4. The molecule has 5 heterocycles. The van der Waals surface area contributed by atoms with Crippen molar-refractivity contribution >= 4 is 52.1 Å². The Kier molecular flexibility index (Phi) is 9.56. The van der Waals surface area contributed by atoms with Crippen molar-refractivity contribution in [1.82, 2.24) is 29.7 Å². The third-order valence-corrected chi connectivity index (χ3v) is 11.6. The van der Waals surface area contributed by atoms with E-state index in [-0.39, 0.29) is 48.3 Å². The highest BCUT2D eigenvalue weighted by Gasteiger charge is 2.45. The number of rotatable bonds is 12. The number of imidazole rings is 1. The lowest BCUT2D eigenvalue weighted by molar-refractivity contribution is -0.136. The molecule has 14 heteroatoms. The number of hydrogen-bond donors (Lipinski definition) is 4. The number of carbonyl (C=O) groups is 5. The number of Topliss-reactive ketones (excluding diaryl/α,β-unsaturated/α-hetero) is 1. The zero-order valence-corrected chi connectivity index (χ0v) is 32.1. The van der Waals surface area contributed by atoms with Gasteiger partial charge in [0.2, 0.25) is 11.8 Å². The molecule has 2 aliphatic heterocycles. The van der Waals surface area contributed by atoms with Crippen LogP contribution in [0.4, 0.5) is 11.5 Å². The molecule has 14 nitrogen and oxygen atoms in total. The summed E-state index contributed by atoms with van der Waals surface area (Å²) < 4.78 is 2.01. The normalized spacial score (nSPS) is 17.2. The summed E-state index contributed by atoms with van der Waals surface area (Å²) in [5.74, 6) is -1.41. The van der Waals surface area contributed by atoms with E-state index in [1.807, 2.05) is 47.0 Å². The lowest BCUT2D eigenvalue weighted by atomic mass is 9.73. The highest BCUT2D eigenvalue weighted by atomic mass is 16.2. The number of nitrogens with zero attached hydrogens (tertiary/aromatic N) is 5. The molecule has 0 bridgehead atoms.